The molecule has 1 heterocycles. The smallest absolute Gasteiger partial charge is 0.406 e. The van der Waals surface area contributed by atoms with Crippen molar-refractivity contribution in [3.05, 3.63) is 59.7 Å². The van der Waals surface area contributed by atoms with Crippen LogP contribution >= 0.6 is 0 Å². The molecule has 1 aliphatic heterocycles. The van der Waals surface area contributed by atoms with Crippen LogP contribution in [0.1, 0.15) is 15.9 Å². The number of carbonyl (C=O) groups excluding carboxylic acids is 1. The number of halogens is 3. The Labute approximate surface area is 161 Å². The molecule has 28 heavy (non-hydrogen) atoms. The highest BCUT2D eigenvalue weighted by Gasteiger charge is 2.31. The van der Waals surface area contributed by atoms with Gasteiger partial charge in [0.1, 0.15) is 5.75 Å². The van der Waals surface area contributed by atoms with Gasteiger partial charge in [0, 0.05) is 44.0 Å². The Morgan fingerprint density at radius 1 is 1.04 bits per heavy atom. The summed E-state index contributed by atoms with van der Waals surface area (Å²) in [6, 6.07) is 12.8. The lowest BCUT2D eigenvalue weighted by molar-refractivity contribution is -0.274. The van der Waals surface area contributed by atoms with Gasteiger partial charge in [0.2, 0.25) is 0 Å². The van der Waals surface area contributed by atoms with Gasteiger partial charge < -0.3 is 19.9 Å². The number of anilines is 1. The van der Waals surface area contributed by atoms with Crippen LogP contribution in [0.15, 0.2) is 48.5 Å². The summed E-state index contributed by atoms with van der Waals surface area (Å²) in [4.78, 5) is 16.9. The number of likely N-dealkylation sites (N-methyl/N-ethyl adjacent to an activating group) is 1. The first-order chi connectivity index (χ1) is 13.3. The SMILES string of the molecule is CN1CCN(c2ccccc2CNC(=O)c2ccc(OC(F)(F)F)cc2)CC1. The maximum Gasteiger partial charge on any atom is 0.573 e. The highest BCUT2D eigenvalue weighted by atomic mass is 19.4. The minimum Gasteiger partial charge on any atom is -0.406 e. The van der Waals surface area contributed by atoms with E-state index in [2.05, 4.69) is 26.9 Å². The second-order valence-corrected chi connectivity index (χ2v) is 6.67. The third-order valence-electron chi connectivity index (χ3n) is 4.63. The third kappa shape index (κ3) is 5.39. The molecule has 0 atom stereocenters. The number of hydrogen-bond donors (Lipinski definition) is 1. The number of nitrogens with one attached hydrogen (secondary N) is 1. The van der Waals surface area contributed by atoms with Crippen LogP contribution in [0.2, 0.25) is 0 Å². The van der Waals surface area contributed by atoms with Gasteiger partial charge in [0.25, 0.3) is 5.91 Å². The quantitative estimate of drug-likeness (QED) is 0.847. The van der Waals surface area contributed by atoms with Crippen LogP contribution in [-0.4, -0.2) is 50.4 Å². The van der Waals surface area contributed by atoms with Crippen molar-refractivity contribution in [2.45, 2.75) is 12.9 Å². The molecule has 0 radical (unpaired) electrons. The molecular formula is C20H22F3N3O2. The average molecular weight is 393 g/mol. The van der Waals surface area contributed by atoms with Crippen LogP contribution in [0.5, 0.6) is 5.75 Å². The fraction of sp³-hybridized carbons (Fsp3) is 0.350. The van der Waals surface area contributed by atoms with Crippen LogP contribution in [-0.2, 0) is 6.54 Å². The summed E-state index contributed by atoms with van der Waals surface area (Å²) in [6.07, 6.45) is -4.75. The van der Waals surface area contributed by atoms with Crippen molar-refractivity contribution in [2.24, 2.45) is 0 Å². The summed E-state index contributed by atoms with van der Waals surface area (Å²) >= 11 is 0. The summed E-state index contributed by atoms with van der Waals surface area (Å²) in [6.45, 7) is 4.13. The van der Waals surface area contributed by atoms with E-state index in [9.17, 15) is 18.0 Å². The zero-order chi connectivity index (χ0) is 20.1. The number of carbonyl (C=O) groups is 1. The van der Waals surface area contributed by atoms with Gasteiger partial charge in [-0.05, 0) is 42.9 Å². The zero-order valence-electron chi connectivity index (χ0n) is 15.5. The van der Waals surface area contributed by atoms with Gasteiger partial charge in [-0.1, -0.05) is 18.2 Å². The molecule has 1 fully saturated rings. The van der Waals surface area contributed by atoms with E-state index < -0.39 is 6.36 Å². The number of hydrogen-bond acceptors (Lipinski definition) is 4. The zero-order valence-corrected chi connectivity index (χ0v) is 15.5. The van der Waals surface area contributed by atoms with Gasteiger partial charge in [-0.15, -0.1) is 13.2 Å². The lowest BCUT2D eigenvalue weighted by Gasteiger charge is -2.35. The summed E-state index contributed by atoms with van der Waals surface area (Å²) < 4.78 is 40.5. The summed E-state index contributed by atoms with van der Waals surface area (Å²) in [7, 11) is 2.09. The third-order valence-corrected chi connectivity index (χ3v) is 4.63. The van der Waals surface area contributed by atoms with Gasteiger partial charge >= 0.3 is 6.36 Å². The van der Waals surface area contributed by atoms with E-state index in [0.29, 0.717) is 6.54 Å². The van der Waals surface area contributed by atoms with Crippen LogP contribution in [0.25, 0.3) is 0 Å². The van der Waals surface area contributed by atoms with Gasteiger partial charge in [-0.3, -0.25) is 4.79 Å². The molecular weight excluding hydrogens is 371 g/mol. The number of nitrogens with zero attached hydrogens (tertiary/aromatic N) is 2. The fourth-order valence-corrected chi connectivity index (χ4v) is 3.10. The lowest BCUT2D eigenvalue weighted by Crippen LogP contribution is -2.45. The number of benzene rings is 2. The first-order valence-electron chi connectivity index (χ1n) is 8.97. The number of ether oxygens (including phenoxy) is 1. The van der Waals surface area contributed by atoms with Gasteiger partial charge in [0.15, 0.2) is 0 Å². The molecule has 0 aromatic heterocycles. The first-order valence-corrected chi connectivity index (χ1v) is 8.97. The molecule has 1 amide bonds. The van der Waals surface area contributed by atoms with Crippen molar-refractivity contribution in [2.75, 3.05) is 38.1 Å². The van der Waals surface area contributed by atoms with Crippen LogP contribution in [0.3, 0.4) is 0 Å². The molecule has 0 unspecified atom stereocenters. The Balaban J connectivity index is 1.62. The van der Waals surface area contributed by atoms with Crippen molar-refractivity contribution in [1.82, 2.24) is 10.2 Å². The highest BCUT2D eigenvalue weighted by Crippen LogP contribution is 2.23. The lowest BCUT2D eigenvalue weighted by atomic mass is 10.1. The maximum absolute atomic E-state index is 12.4. The Kier molecular flexibility index (Phi) is 6.08. The maximum atomic E-state index is 12.4. The van der Waals surface area contributed by atoms with E-state index in [1.54, 1.807) is 0 Å². The predicted molar refractivity (Wildman–Crippen MR) is 100 cm³/mol. The van der Waals surface area contributed by atoms with E-state index >= 15 is 0 Å². The molecule has 150 valence electrons. The van der Waals surface area contributed by atoms with Crippen molar-refractivity contribution in [3.8, 4) is 5.75 Å². The number of rotatable bonds is 5. The molecule has 8 heteroatoms. The number of alkyl halides is 3. The molecule has 0 aliphatic carbocycles. The fourth-order valence-electron chi connectivity index (χ4n) is 3.10. The van der Waals surface area contributed by atoms with Crippen molar-refractivity contribution >= 4 is 11.6 Å². The first kappa shape index (κ1) is 20.0. The second-order valence-electron chi connectivity index (χ2n) is 6.67. The van der Waals surface area contributed by atoms with Gasteiger partial charge in [-0.2, -0.15) is 0 Å². The van der Waals surface area contributed by atoms with Gasteiger partial charge in [0.05, 0.1) is 0 Å². The Hall–Kier alpha value is -2.74. The van der Waals surface area contributed by atoms with Crippen LogP contribution < -0.4 is 15.0 Å². The largest absolute Gasteiger partial charge is 0.573 e. The van der Waals surface area contributed by atoms with Gasteiger partial charge in [-0.25, -0.2) is 0 Å². The molecule has 3 rings (SSSR count). The second kappa shape index (κ2) is 8.52. The Bertz CT molecular complexity index is 801. The summed E-state index contributed by atoms with van der Waals surface area (Å²) in [5.74, 6) is -0.712. The Morgan fingerprint density at radius 3 is 2.32 bits per heavy atom. The molecule has 0 saturated carbocycles. The average Bonchev–Trinajstić information content (AvgIpc) is 2.66. The van der Waals surface area contributed by atoms with E-state index in [-0.39, 0.29) is 17.2 Å². The van der Waals surface area contributed by atoms with E-state index in [4.69, 9.17) is 0 Å². The topological polar surface area (TPSA) is 44.8 Å². The molecule has 2 aromatic carbocycles. The van der Waals surface area contributed by atoms with Crippen molar-refractivity contribution < 1.29 is 22.7 Å². The predicted octanol–water partition coefficient (Wildman–Crippen LogP) is 3.27. The molecule has 0 spiro atoms. The molecule has 2 aromatic rings. The summed E-state index contributed by atoms with van der Waals surface area (Å²) in [5, 5.41) is 2.83. The molecule has 1 N–H and O–H groups in total. The van der Waals surface area contributed by atoms with E-state index in [1.807, 2.05) is 24.3 Å². The summed E-state index contributed by atoms with van der Waals surface area (Å²) in [5.41, 5.74) is 2.36. The van der Waals surface area contributed by atoms with Crippen LogP contribution in [0, 0.1) is 0 Å². The normalized spacial score (nSPS) is 15.4. The van der Waals surface area contributed by atoms with E-state index in [0.717, 1.165) is 49.6 Å². The molecule has 1 aliphatic rings. The van der Waals surface area contributed by atoms with Crippen molar-refractivity contribution in [1.29, 1.82) is 0 Å². The number of amides is 1. The molecule has 5 nitrogen and oxygen atoms in total. The van der Waals surface area contributed by atoms with Crippen molar-refractivity contribution in [3.63, 3.8) is 0 Å². The highest BCUT2D eigenvalue weighted by molar-refractivity contribution is 5.94. The van der Waals surface area contributed by atoms with Crippen LogP contribution in [0.4, 0.5) is 18.9 Å². The Morgan fingerprint density at radius 2 is 1.68 bits per heavy atom. The minimum atomic E-state index is -4.75. The minimum absolute atomic E-state index is 0.270. The van der Waals surface area contributed by atoms with E-state index in [1.165, 1.54) is 12.1 Å². The number of para-hydroxylation sites is 1. The monoisotopic (exact) mass is 393 g/mol. The number of piperazine rings is 1. The standard InChI is InChI=1S/C20H22F3N3O2/c1-25-10-12-26(13-11-25)18-5-3-2-4-16(18)14-24-19(27)15-6-8-17(9-7-15)28-20(21,22)23/h2-9H,10-14H2,1H3,(H,24,27). The molecule has 1 saturated heterocycles. The molecule has 0 bridgehead atoms.